The van der Waals surface area contributed by atoms with E-state index >= 15 is 0 Å². The molecule has 2 N–H and O–H groups in total. The van der Waals surface area contributed by atoms with E-state index in [1.165, 1.54) is 59.4 Å². The lowest BCUT2D eigenvalue weighted by Gasteiger charge is -2.28. The van der Waals surface area contributed by atoms with Crippen LogP contribution < -0.4 is 10.6 Å². The molecule has 0 saturated carbocycles. The number of hydrogen-bond donors (Lipinski definition) is 2. The summed E-state index contributed by atoms with van der Waals surface area (Å²) in [4.78, 5) is 5.20. The largest absolute Gasteiger partial charge is 0.312 e. The number of nitrogens with zero attached hydrogens (tertiary/aromatic N) is 1. The van der Waals surface area contributed by atoms with Gasteiger partial charge in [-0.25, -0.2) is 0 Å². The van der Waals surface area contributed by atoms with Gasteiger partial charge in [-0.05, 0) is 106 Å². The lowest BCUT2D eigenvalue weighted by molar-refractivity contribution is 0.330. The molecule has 1 heterocycles. The second kappa shape index (κ2) is 22.1. The van der Waals surface area contributed by atoms with Gasteiger partial charge in [0, 0.05) is 43.0 Å². The van der Waals surface area contributed by atoms with Crippen LogP contribution >= 0.6 is 0 Å². The highest BCUT2D eigenvalue weighted by molar-refractivity contribution is 5.44. The van der Waals surface area contributed by atoms with Crippen molar-refractivity contribution in [2.45, 2.75) is 131 Å². The molecule has 3 atom stereocenters. The first-order valence-corrected chi connectivity index (χ1v) is 17.8. The first kappa shape index (κ1) is 37.7. The van der Waals surface area contributed by atoms with Gasteiger partial charge in [-0.3, -0.25) is 4.98 Å². The monoisotopic (exact) mass is 600 g/mol. The third kappa shape index (κ3) is 13.2. The van der Waals surface area contributed by atoms with Crippen LogP contribution in [-0.2, 0) is 6.42 Å². The van der Waals surface area contributed by atoms with Crippen LogP contribution in [0.5, 0.6) is 0 Å². The summed E-state index contributed by atoms with van der Waals surface area (Å²) < 4.78 is 0. The van der Waals surface area contributed by atoms with Crippen molar-refractivity contribution < 1.29 is 0 Å². The van der Waals surface area contributed by atoms with Crippen LogP contribution in [0.1, 0.15) is 130 Å². The highest BCUT2D eigenvalue weighted by atomic mass is 15.0. The molecule has 1 aliphatic rings. The van der Waals surface area contributed by atoms with Crippen molar-refractivity contribution in [3.05, 3.63) is 100 Å². The Kier molecular flexibility index (Phi) is 18.9. The first-order chi connectivity index (χ1) is 21.4. The minimum atomic E-state index is 0.415. The second-order valence-electron chi connectivity index (χ2n) is 12.7. The standard InChI is InChI=1S/C41H65N3/c1-9-14-20-33(7)41(31-42-29-28-36(21-15-10-2)32(6)18-11-3)43-30-35(13-5)40-25-17-24-39(44-40)27-26-38-23-16-22-37(19-12-4)34(38)8/h12,15,17,19,21-22,24-25,28,33,35,41-43H,6,9-11,13-14,16,18,20,23,26-27,29-31H2,1-5,7-8H3/b19-12-,21-15-,36-28+. The van der Waals surface area contributed by atoms with Crippen molar-refractivity contribution in [1.29, 1.82) is 0 Å². The topological polar surface area (TPSA) is 37.0 Å². The molecule has 3 heteroatoms. The quantitative estimate of drug-likeness (QED) is 0.103. The van der Waals surface area contributed by atoms with Crippen LogP contribution in [0.4, 0.5) is 0 Å². The molecule has 1 aromatic rings. The highest BCUT2D eigenvalue weighted by Crippen LogP contribution is 2.29. The SMILES string of the molecule is C=C(CCC)C(/C=C\CC)=C/CNCC(NCC(CC)c1cccc(CCC2=C(C)C(/C=C\C)=CCC2)n1)C(C)CCCC. The van der Waals surface area contributed by atoms with Crippen molar-refractivity contribution in [2.75, 3.05) is 19.6 Å². The zero-order valence-corrected chi connectivity index (χ0v) is 29.5. The van der Waals surface area contributed by atoms with Gasteiger partial charge in [0.25, 0.3) is 0 Å². The van der Waals surface area contributed by atoms with Crippen LogP contribution in [0.15, 0.2) is 89.1 Å². The fourth-order valence-corrected chi connectivity index (χ4v) is 6.17. The molecule has 3 unspecified atom stereocenters. The molecule has 2 rings (SSSR count). The van der Waals surface area contributed by atoms with E-state index in [1.54, 1.807) is 5.57 Å². The van der Waals surface area contributed by atoms with Gasteiger partial charge in [-0.1, -0.05) is 109 Å². The number of aryl methyl sites for hydroxylation is 1. The predicted octanol–water partition coefficient (Wildman–Crippen LogP) is 10.7. The third-order valence-electron chi connectivity index (χ3n) is 9.19. The van der Waals surface area contributed by atoms with Gasteiger partial charge >= 0.3 is 0 Å². The minimum Gasteiger partial charge on any atom is -0.312 e. The van der Waals surface area contributed by atoms with Gasteiger partial charge in [0.15, 0.2) is 0 Å². The molecule has 44 heavy (non-hydrogen) atoms. The average molecular weight is 600 g/mol. The summed E-state index contributed by atoms with van der Waals surface area (Å²) in [5, 5.41) is 7.75. The number of hydrogen-bond acceptors (Lipinski definition) is 3. The lowest BCUT2D eigenvalue weighted by Crippen LogP contribution is -2.44. The summed E-state index contributed by atoms with van der Waals surface area (Å²) in [6, 6.07) is 7.11. The Labute approximate surface area is 272 Å². The molecule has 0 aliphatic heterocycles. The van der Waals surface area contributed by atoms with E-state index in [0.717, 1.165) is 64.6 Å². The Bertz CT molecular complexity index is 1130. The maximum absolute atomic E-state index is 5.20. The molecular weight excluding hydrogens is 534 g/mol. The zero-order valence-electron chi connectivity index (χ0n) is 29.5. The van der Waals surface area contributed by atoms with Gasteiger partial charge in [-0.2, -0.15) is 0 Å². The summed E-state index contributed by atoms with van der Waals surface area (Å²) in [5.41, 5.74) is 9.44. The van der Waals surface area contributed by atoms with Crippen LogP contribution in [-0.4, -0.2) is 30.7 Å². The number of unbranched alkanes of at least 4 members (excludes halogenated alkanes) is 1. The van der Waals surface area contributed by atoms with E-state index in [2.05, 4.69) is 120 Å². The number of allylic oxidation sites excluding steroid dienone is 10. The molecule has 0 saturated heterocycles. The Morgan fingerprint density at radius 1 is 1.09 bits per heavy atom. The summed E-state index contributed by atoms with van der Waals surface area (Å²) in [6.45, 7) is 23.0. The molecule has 1 aromatic heterocycles. The van der Waals surface area contributed by atoms with E-state index in [0.29, 0.717) is 17.9 Å². The maximum atomic E-state index is 5.20. The minimum absolute atomic E-state index is 0.415. The van der Waals surface area contributed by atoms with E-state index in [1.807, 2.05) is 0 Å². The van der Waals surface area contributed by atoms with Gasteiger partial charge in [0.05, 0.1) is 0 Å². The summed E-state index contributed by atoms with van der Waals surface area (Å²) in [5.74, 6) is 1.03. The lowest BCUT2D eigenvalue weighted by atomic mass is 9.88. The molecule has 3 nitrogen and oxygen atoms in total. The van der Waals surface area contributed by atoms with Gasteiger partial charge in [0.1, 0.15) is 0 Å². The highest BCUT2D eigenvalue weighted by Gasteiger charge is 2.20. The summed E-state index contributed by atoms with van der Waals surface area (Å²) in [6.07, 6.45) is 26.2. The van der Waals surface area contributed by atoms with Crippen molar-refractivity contribution >= 4 is 0 Å². The Morgan fingerprint density at radius 3 is 2.61 bits per heavy atom. The molecule has 0 fully saturated rings. The van der Waals surface area contributed by atoms with Gasteiger partial charge < -0.3 is 10.6 Å². The predicted molar refractivity (Wildman–Crippen MR) is 195 cm³/mol. The second-order valence-corrected chi connectivity index (χ2v) is 12.7. The number of nitrogens with one attached hydrogen (secondary N) is 2. The van der Waals surface area contributed by atoms with E-state index in [4.69, 9.17) is 4.98 Å². The van der Waals surface area contributed by atoms with Crippen molar-refractivity contribution in [3.63, 3.8) is 0 Å². The molecule has 0 aromatic carbocycles. The van der Waals surface area contributed by atoms with Crippen LogP contribution in [0.3, 0.4) is 0 Å². The summed E-state index contributed by atoms with van der Waals surface area (Å²) >= 11 is 0. The van der Waals surface area contributed by atoms with Gasteiger partial charge in [0.2, 0.25) is 0 Å². The van der Waals surface area contributed by atoms with Crippen LogP contribution in [0.2, 0.25) is 0 Å². The smallest absolute Gasteiger partial charge is 0.0450 e. The maximum Gasteiger partial charge on any atom is 0.0450 e. The molecule has 1 aliphatic carbocycles. The molecule has 244 valence electrons. The third-order valence-corrected chi connectivity index (χ3v) is 9.19. The fraction of sp³-hybridized carbons (Fsp3) is 0.585. The van der Waals surface area contributed by atoms with E-state index in [9.17, 15) is 0 Å². The van der Waals surface area contributed by atoms with Gasteiger partial charge in [-0.15, -0.1) is 0 Å². The molecule has 0 amide bonds. The first-order valence-electron chi connectivity index (χ1n) is 17.8. The average Bonchev–Trinajstić information content (AvgIpc) is 3.03. The Hall–Kier alpha value is -2.49. The Balaban J connectivity index is 2.05. The number of pyridine rings is 1. The fourth-order valence-electron chi connectivity index (χ4n) is 6.17. The van der Waals surface area contributed by atoms with Crippen LogP contribution in [0, 0.1) is 5.92 Å². The molecular formula is C41H65N3. The number of rotatable bonds is 22. The normalized spacial score (nSPS) is 16.5. The molecule has 0 spiro atoms. The van der Waals surface area contributed by atoms with Crippen LogP contribution in [0.25, 0.3) is 0 Å². The molecule has 0 bridgehead atoms. The Morgan fingerprint density at radius 2 is 1.91 bits per heavy atom. The number of aromatic nitrogens is 1. The van der Waals surface area contributed by atoms with Crippen molar-refractivity contribution in [1.82, 2.24) is 15.6 Å². The van der Waals surface area contributed by atoms with Crippen molar-refractivity contribution in [2.24, 2.45) is 5.92 Å². The van der Waals surface area contributed by atoms with Crippen molar-refractivity contribution in [3.8, 4) is 0 Å². The zero-order chi connectivity index (χ0) is 32.2. The summed E-state index contributed by atoms with van der Waals surface area (Å²) in [7, 11) is 0. The van der Waals surface area contributed by atoms with E-state index in [-0.39, 0.29) is 0 Å². The molecule has 0 radical (unpaired) electrons. The van der Waals surface area contributed by atoms with E-state index < -0.39 is 0 Å².